The van der Waals surface area contributed by atoms with Crippen LogP contribution in [0.2, 0.25) is 0 Å². The van der Waals surface area contributed by atoms with Crippen molar-refractivity contribution in [3.05, 3.63) is 72.8 Å². The van der Waals surface area contributed by atoms with Crippen molar-refractivity contribution in [1.82, 2.24) is 0 Å². The molecule has 2 aromatic carbocycles. The van der Waals surface area contributed by atoms with Crippen LogP contribution >= 0.6 is 0 Å². The summed E-state index contributed by atoms with van der Waals surface area (Å²) in [7, 11) is 1.68. The van der Waals surface area contributed by atoms with E-state index in [2.05, 4.69) is 11.9 Å². The van der Waals surface area contributed by atoms with Gasteiger partial charge in [0.15, 0.2) is 0 Å². The third kappa shape index (κ3) is 2.72. The van der Waals surface area contributed by atoms with Gasteiger partial charge in [-0.1, -0.05) is 42.5 Å². The second kappa shape index (κ2) is 5.92. The fourth-order valence-corrected chi connectivity index (χ4v) is 1.90. The average Bonchev–Trinajstić information content (AvgIpc) is 2.46. The van der Waals surface area contributed by atoms with Gasteiger partial charge in [-0.05, 0) is 18.2 Å². The Labute approximate surface area is 108 Å². The summed E-state index contributed by atoms with van der Waals surface area (Å²) in [5.74, 6) is 0.867. The first-order chi connectivity index (χ1) is 8.85. The van der Waals surface area contributed by atoms with Gasteiger partial charge in [0.1, 0.15) is 5.75 Å². The van der Waals surface area contributed by atoms with Gasteiger partial charge in [0.25, 0.3) is 0 Å². The van der Waals surface area contributed by atoms with E-state index < -0.39 is 0 Å². The van der Waals surface area contributed by atoms with Gasteiger partial charge >= 0.3 is 0 Å². The summed E-state index contributed by atoms with van der Waals surface area (Å²) < 4.78 is 5.38. The zero-order valence-corrected chi connectivity index (χ0v) is 10.5. The smallest absolute Gasteiger partial charge is 0.124 e. The lowest BCUT2D eigenvalue weighted by atomic mass is 10.1. The molecule has 0 saturated carbocycles. The number of benzene rings is 2. The Morgan fingerprint density at radius 2 is 1.72 bits per heavy atom. The lowest BCUT2D eigenvalue weighted by molar-refractivity contribution is 0.409. The van der Waals surface area contributed by atoms with E-state index in [9.17, 15) is 0 Å². The van der Waals surface area contributed by atoms with Crippen molar-refractivity contribution in [3.63, 3.8) is 0 Å². The minimum absolute atomic E-state index is 0.0311. The highest BCUT2D eigenvalue weighted by atomic mass is 16.5. The van der Waals surface area contributed by atoms with Gasteiger partial charge in [-0.3, -0.25) is 0 Å². The molecule has 0 fully saturated rings. The quantitative estimate of drug-likeness (QED) is 0.795. The van der Waals surface area contributed by atoms with Crippen molar-refractivity contribution in [2.45, 2.75) is 6.04 Å². The number of hydrogen-bond acceptors (Lipinski definition) is 2. The van der Waals surface area contributed by atoms with E-state index >= 15 is 0 Å². The van der Waals surface area contributed by atoms with Gasteiger partial charge in [0.2, 0.25) is 0 Å². The molecule has 0 aliphatic heterocycles. The standard InChI is InChI=1S/C16H17NO/c1-3-15(17-13-9-5-4-6-10-13)14-11-7-8-12-16(14)18-2/h3-12,15,17H,1H2,2H3/t15-/m1/s1. The molecule has 0 aliphatic carbocycles. The zero-order valence-electron chi connectivity index (χ0n) is 10.5. The molecule has 1 N–H and O–H groups in total. The third-order valence-electron chi connectivity index (χ3n) is 2.81. The first kappa shape index (κ1) is 12.2. The predicted octanol–water partition coefficient (Wildman–Crippen LogP) is 4.03. The number of nitrogens with one attached hydrogen (secondary N) is 1. The molecule has 1 atom stereocenters. The van der Waals surface area contributed by atoms with Crippen LogP contribution in [-0.2, 0) is 0 Å². The third-order valence-corrected chi connectivity index (χ3v) is 2.81. The molecule has 0 bridgehead atoms. The van der Waals surface area contributed by atoms with E-state index in [-0.39, 0.29) is 6.04 Å². The summed E-state index contributed by atoms with van der Waals surface area (Å²) in [6, 6.07) is 18.1. The van der Waals surface area contributed by atoms with Crippen LogP contribution in [0, 0.1) is 0 Å². The molecule has 0 heterocycles. The Morgan fingerprint density at radius 3 is 2.39 bits per heavy atom. The molecule has 0 saturated heterocycles. The molecule has 0 aromatic heterocycles. The van der Waals surface area contributed by atoms with Crippen LogP contribution in [-0.4, -0.2) is 7.11 Å². The number of methoxy groups -OCH3 is 1. The first-order valence-electron chi connectivity index (χ1n) is 5.92. The van der Waals surface area contributed by atoms with Crippen molar-refractivity contribution < 1.29 is 4.74 Å². The molecule has 0 unspecified atom stereocenters. The van der Waals surface area contributed by atoms with Crippen molar-refractivity contribution in [3.8, 4) is 5.75 Å². The summed E-state index contributed by atoms with van der Waals surface area (Å²) in [6.45, 7) is 3.89. The molecular formula is C16H17NO. The molecular weight excluding hydrogens is 222 g/mol. The van der Waals surface area contributed by atoms with Crippen LogP contribution in [0.25, 0.3) is 0 Å². The van der Waals surface area contributed by atoms with Gasteiger partial charge in [-0.15, -0.1) is 6.58 Å². The summed E-state index contributed by atoms with van der Waals surface area (Å²) in [5, 5.41) is 3.42. The lowest BCUT2D eigenvalue weighted by Gasteiger charge is -2.19. The Balaban J connectivity index is 2.26. The molecule has 0 spiro atoms. The monoisotopic (exact) mass is 239 g/mol. The topological polar surface area (TPSA) is 21.3 Å². The Hall–Kier alpha value is -2.22. The summed E-state index contributed by atoms with van der Waals surface area (Å²) in [4.78, 5) is 0. The lowest BCUT2D eigenvalue weighted by Crippen LogP contribution is -2.09. The van der Waals surface area contributed by atoms with E-state index in [0.29, 0.717) is 0 Å². The van der Waals surface area contributed by atoms with E-state index in [1.807, 2.05) is 60.7 Å². The Morgan fingerprint density at radius 1 is 1.06 bits per heavy atom. The van der Waals surface area contributed by atoms with Crippen LogP contribution in [0.1, 0.15) is 11.6 Å². The molecule has 2 nitrogen and oxygen atoms in total. The molecule has 18 heavy (non-hydrogen) atoms. The molecule has 2 heteroatoms. The maximum absolute atomic E-state index is 5.38. The minimum Gasteiger partial charge on any atom is -0.496 e. The minimum atomic E-state index is 0.0311. The normalized spacial score (nSPS) is 11.6. The molecule has 2 rings (SSSR count). The average molecular weight is 239 g/mol. The Kier molecular flexibility index (Phi) is 4.02. The number of hydrogen-bond donors (Lipinski definition) is 1. The van der Waals surface area contributed by atoms with E-state index in [4.69, 9.17) is 4.74 Å². The van der Waals surface area contributed by atoms with Crippen molar-refractivity contribution in [2.75, 3.05) is 12.4 Å². The molecule has 0 radical (unpaired) electrons. The molecule has 92 valence electrons. The fraction of sp³-hybridized carbons (Fsp3) is 0.125. The van der Waals surface area contributed by atoms with Crippen LogP contribution in [0.15, 0.2) is 67.3 Å². The SMILES string of the molecule is C=C[C@@H](Nc1ccccc1)c1ccccc1OC. The number of para-hydroxylation sites is 2. The maximum atomic E-state index is 5.38. The Bertz CT molecular complexity index is 508. The molecule has 0 amide bonds. The maximum Gasteiger partial charge on any atom is 0.124 e. The van der Waals surface area contributed by atoms with Crippen LogP contribution < -0.4 is 10.1 Å². The van der Waals surface area contributed by atoms with E-state index in [1.165, 1.54) is 0 Å². The van der Waals surface area contributed by atoms with Gasteiger partial charge in [0, 0.05) is 11.3 Å². The highest BCUT2D eigenvalue weighted by molar-refractivity contribution is 5.49. The van der Waals surface area contributed by atoms with Gasteiger partial charge < -0.3 is 10.1 Å². The fourth-order valence-electron chi connectivity index (χ4n) is 1.90. The van der Waals surface area contributed by atoms with E-state index in [1.54, 1.807) is 7.11 Å². The summed E-state index contributed by atoms with van der Waals surface area (Å²) >= 11 is 0. The highest BCUT2D eigenvalue weighted by Gasteiger charge is 2.11. The number of ether oxygens (including phenoxy) is 1. The summed E-state index contributed by atoms with van der Waals surface area (Å²) in [6.07, 6.45) is 1.88. The molecule has 2 aromatic rings. The van der Waals surface area contributed by atoms with Crippen LogP contribution in [0.5, 0.6) is 5.75 Å². The van der Waals surface area contributed by atoms with Crippen molar-refractivity contribution >= 4 is 5.69 Å². The number of anilines is 1. The second-order valence-corrected chi connectivity index (χ2v) is 3.97. The zero-order chi connectivity index (χ0) is 12.8. The second-order valence-electron chi connectivity index (χ2n) is 3.97. The largest absolute Gasteiger partial charge is 0.496 e. The summed E-state index contributed by atoms with van der Waals surface area (Å²) in [5.41, 5.74) is 2.15. The highest BCUT2D eigenvalue weighted by Crippen LogP contribution is 2.28. The van der Waals surface area contributed by atoms with Gasteiger partial charge in [0.05, 0.1) is 13.2 Å². The van der Waals surface area contributed by atoms with Crippen molar-refractivity contribution in [2.24, 2.45) is 0 Å². The number of rotatable bonds is 5. The van der Waals surface area contributed by atoms with Gasteiger partial charge in [-0.2, -0.15) is 0 Å². The van der Waals surface area contributed by atoms with Crippen LogP contribution in [0.3, 0.4) is 0 Å². The van der Waals surface area contributed by atoms with E-state index in [0.717, 1.165) is 17.0 Å². The van der Waals surface area contributed by atoms with Crippen LogP contribution in [0.4, 0.5) is 5.69 Å². The van der Waals surface area contributed by atoms with Crippen molar-refractivity contribution in [1.29, 1.82) is 0 Å². The van der Waals surface area contributed by atoms with Gasteiger partial charge in [-0.25, -0.2) is 0 Å². The molecule has 0 aliphatic rings. The predicted molar refractivity (Wildman–Crippen MR) is 76.0 cm³/mol. The first-order valence-corrected chi connectivity index (χ1v) is 5.92.